The molecule has 2 aromatic rings. The van der Waals surface area contributed by atoms with Crippen molar-refractivity contribution in [3.63, 3.8) is 0 Å². The summed E-state index contributed by atoms with van der Waals surface area (Å²) in [7, 11) is 0. The van der Waals surface area contributed by atoms with Crippen LogP contribution in [-0.2, 0) is 6.42 Å². The fourth-order valence-electron chi connectivity index (χ4n) is 3.41. The molecule has 0 radical (unpaired) electrons. The van der Waals surface area contributed by atoms with Gasteiger partial charge in [-0.05, 0) is 56.2 Å². The topological polar surface area (TPSA) is 56.9 Å². The molecule has 118 valence electrons. The summed E-state index contributed by atoms with van der Waals surface area (Å²) in [6, 6.07) is 6.25. The van der Waals surface area contributed by atoms with E-state index in [1.807, 2.05) is 0 Å². The standard InChI is InChI=1S/C18H25N3O/c1-3-18(9-5-10-18)21-17(22)19-11-8-14-12-20-15-7-4-6-13(2)16(14)15/h4,6-7,12,20H,3,5,8-11H2,1-2H3,(H2,19,21,22). The molecule has 22 heavy (non-hydrogen) atoms. The van der Waals surface area contributed by atoms with Crippen molar-refractivity contribution in [2.75, 3.05) is 6.54 Å². The number of fused-ring (bicyclic) bond motifs is 1. The van der Waals surface area contributed by atoms with Crippen LogP contribution in [-0.4, -0.2) is 23.1 Å². The van der Waals surface area contributed by atoms with Crippen molar-refractivity contribution in [2.24, 2.45) is 0 Å². The van der Waals surface area contributed by atoms with Gasteiger partial charge in [-0.2, -0.15) is 0 Å². The summed E-state index contributed by atoms with van der Waals surface area (Å²) in [4.78, 5) is 15.3. The van der Waals surface area contributed by atoms with E-state index in [4.69, 9.17) is 0 Å². The highest BCUT2D eigenvalue weighted by molar-refractivity contribution is 5.86. The second kappa shape index (κ2) is 6.03. The van der Waals surface area contributed by atoms with Crippen molar-refractivity contribution < 1.29 is 4.79 Å². The summed E-state index contributed by atoms with van der Waals surface area (Å²) in [5.41, 5.74) is 3.76. The molecule has 1 aromatic carbocycles. The number of hydrogen-bond donors (Lipinski definition) is 3. The van der Waals surface area contributed by atoms with Crippen molar-refractivity contribution in [1.29, 1.82) is 0 Å². The lowest BCUT2D eigenvalue weighted by Crippen LogP contribution is -2.56. The monoisotopic (exact) mass is 299 g/mol. The predicted molar refractivity (Wildman–Crippen MR) is 90.1 cm³/mol. The number of aromatic nitrogens is 1. The average molecular weight is 299 g/mol. The first kappa shape index (κ1) is 14.9. The molecule has 1 saturated carbocycles. The van der Waals surface area contributed by atoms with E-state index < -0.39 is 0 Å². The quantitative estimate of drug-likeness (QED) is 0.775. The van der Waals surface area contributed by atoms with E-state index in [9.17, 15) is 4.79 Å². The Bertz CT molecular complexity index is 665. The average Bonchev–Trinajstić information content (AvgIpc) is 2.88. The van der Waals surface area contributed by atoms with Crippen LogP contribution in [0.5, 0.6) is 0 Å². The number of carbonyl (C=O) groups excluding carboxylic acids is 1. The number of hydrogen-bond acceptors (Lipinski definition) is 1. The van der Waals surface area contributed by atoms with Crippen LogP contribution in [0.1, 0.15) is 43.7 Å². The van der Waals surface area contributed by atoms with E-state index in [0.29, 0.717) is 6.54 Å². The Morgan fingerprint density at radius 3 is 2.86 bits per heavy atom. The number of nitrogens with one attached hydrogen (secondary N) is 3. The Hall–Kier alpha value is -1.97. The van der Waals surface area contributed by atoms with E-state index >= 15 is 0 Å². The van der Waals surface area contributed by atoms with Gasteiger partial charge in [0.05, 0.1) is 0 Å². The minimum Gasteiger partial charge on any atom is -0.361 e. The van der Waals surface area contributed by atoms with Gasteiger partial charge in [0, 0.05) is 29.2 Å². The highest BCUT2D eigenvalue weighted by Gasteiger charge is 2.36. The van der Waals surface area contributed by atoms with E-state index in [2.05, 4.69) is 53.9 Å². The first-order chi connectivity index (χ1) is 10.6. The molecule has 1 aliphatic carbocycles. The second-order valence-corrected chi connectivity index (χ2v) is 6.43. The third-order valence-electron chi connectivity index (χ3n) is 5.04. The summed E-state index contributed by atoms with van der Waals surface area (Å²) >= 11 is 0. The van der Waals surface area contributed by atoms with Crippen LogP contribution in [0.4, 0.5) is 4.79 Å². The molecule has 1 aromatic heterocycles. The first-order valence-corrected chi connectivity index (χ1v) is 8.25. The molecule has 1 fully saturated rings. The Kier molecular flexibility index (Phi) is 4.10. The largest absolute Gasteiger partial charge is 0.361 e. The second-order valence-electron chi connectivity index (χ2n) is 6.43. The molecule has 4 nitrogen and oxygen atoms in total. The Balaban J connectivity index is 1.55. The van der Waals surface area contributed by atoms with E-state index in [0.717, 1.165) is 25.7 Å². The number of rotatable bonds is 5. The number of benzene rings is 1. The van der Waals surface area contributed by atoms with Crippen LogP contribution < -0.4 is 10.6 Å². The Labute approximate surface area is 131 Å². The van der Waals surface area contributed by atoms with Gasteiger partial charge in [-0.25, -0.2) is 4.79 Å². The number of amides is 2. The predicted octanol–water partition coefficient (Wildman–Crippen LogP) is 3.65. The van der Waals surface area contributed by atoms with Gasteiger partial charge in [0.1, 0.15) is 0 Å². The third kappa shape index (κ3) is 2.82. The number of aryl methyl sites for hydroxylation is 1. The molecule has 1 heterocycles. The number of urea groups is 1. The maximum absolute atomic E-state index is 12.0. The zero-order chi connectivity index (χ0) is 15.6. The van der Waals surface area contributed by atoms with Gasteiger partial charge in [-0.15, -0.1) is 0 Å². The molecule has 4 heteroatoms. The van der Waals surface area contributed by atoms with Gasteiger partial charge in [0.25, 0.3) is 0 Å². The molecular formula is C18H25N3O. The molecule has 3 N–H and O–H groups in total. The zero-order valence-electron chi connectivity index (χ0n) is 13.5. The summed E-state index contributed by atoms with van der Waals surface area (Å²) < 4.78 is 0. The van der Waals surface area contributed by atoms with Crippen molar-refractivity contribution in [1.82, 2.24) is 15.6 Å². The number of H-pyrrole nitrogens is 1. The van der Waals surface area contributed by atoms with Crippen LogP contribution in [0, 0.1) is 6.92 Å². The van der Waals surface area contributed by atoms with Crippen molar-refractivity contribution in [3.8, 4) is 0 Å². The lowest BCUT2D eigenvalue weighted by molar-refractivity contribution is 0.172. The van der Waals surface area contributed by atoms with Gasteiger partial charge in [-0.3, -0.25) is 0 Å². The Morgan fingerprint density at radius 1 is 1.36 bits per heavy atom. The molecule has 0 spiro atoms. The molecule has 0 bridgehead atoms. The molecule has 0 unspecified atom stereocenters. The first-order valence-electron chi connectivity index (χ1n) is 8.25. The van der Waals surface area contributed by atoms with Gasteiger partial charge in [-0.1, -0.05) is 19.1 Å². The van der Waals surface area contributed by atoms with Crippen molar-refractivity contribution in [2.45, 2.75) is 51.5 Å². The van der Waals surface area contributed by atoms with Crippen molar-refractivity contribution >= 4 is 16.9 Å². The minimum absolute atomic E-state index is 0.0295. The fraction of sp³-hybridized carbons (Fsp3) is 0.500. The number of carbonyl (C=O) groups is 1. The van der Waals surface area contributed by atoms with E-state index in [1.54, 1.807) is 0 Å². The lowest BCUT2D eigenvalue weighted by atomic mass is 9.75. The summed E-state index contributed by atoms with van der Waals surface area (Å²) in [6.07, 6.45) is 7.36. The molecule has 0 aliphatic heterocycles. The van der Waals surface area contributed by atoms with Crippen molar-refractivity contribution in [3.05, 3.63) is 35.5 Å². The SMILES string of the molecule is CCC1(NC(=O)NCCc2c[nH]c3cccc(C)c23)CCC1. The molecule has 2 amide bonds. The van der Waals surface area contributed by atoms with Crippen LogP contribution in [0.25, 0.3) is 10.9 Å². The zero-order valence-corrected chi connectivity index (χ0v) is 13.5. The summed E-state index contributed by atoms with van der Waals surface area (Å²) in [5.74, 6) is 0. The summed E-state index contributed by atoms with van der Waals surface area (Å²) in [5, 5.41) is 7.44. The van der Waals surface area contributed by atoms with Gasteiger partial charge in [0.15, 0.2) is 0 Å². The normalized spacial score (nSPS) is 16.3. The van der Waals surface area contributed by atoms with Crippen LogP contribution >= 0.6 is 0 Å². The van der Waals surface area contributed by atoms with Gasteiger partial charge >= 0.3 is 6.03 Å². The fourth-order valence-corrected chi connectivity index (χ4v) is 3.41. The van der Waals surface area contributed by atoms with Gasteiger partial charge < -0.3 is 15.6 Å². The highest BCUT2D eigenvalue weighted by atomic mass is 16.2. The van der Waals surface area contributed by atoms with Gasteiger partial charge in [0.2, 0.25) is 0 Å². The molecule has 0 atom stereocenters. The minimum atomic E-state index is -0.0295. The smallest absolute Gasteiger partial charge is 0.315 e. The maximum atomic E-state index is 12.0. The van der Waals surface area contributed by atoms with E-state index in [-0.39, 0.29) is 11.6 Å². The van der Waals surface area contributed by atoms with Crippen LogP contribution in [0.2, 0.25) is 0 Å². The number of aromatic amines is 1. The molecular weight excluding hydrogens is 274 g/mol. The molecule has 3 rings (SSSR count). The molecule has 0 saturated heterocycles. The highest BCUT2D eigenvalue weighted by Crippen LogP contribution is 2.34. The Morgan fingerprint density at radius 2 is 2.18 bits per heavy atom. The summed E-state index contributed by atoms with van der Waals surface area (Å²) in [6.45, 7) is 4.93. The third-order valence-corrected chi connectivity index (χ3v) is 5.04. The lowest BCUT2D eigenvalue weighted by Gasteiger charge is -2.41. The molecule has 1 aliphatic rings. The van der Waals surface area contributed by atoms with E-state index in [1.165, 1.54) is 28.5 Å². The van der Waals surface area contributed by atoms with Crippen LogP contribution in [0.15, 0.2) is 24.4 Å². The maximum Gasteiger partial charge on any atom is 0.315 e. The van der Waals surface area contributed by atoms with Crippen LogP contribution in [0.3, 0.4) is 0 Å².